The number of aromatic nitrogens is 1. The van der Waals surface area contributed by atoms with Crippen LogP contribution in [-0.2, 0) is 17.4 Å². The van der Waals surface area contributed by atoms with E-state index in [1.54, 1.807) is 0 Å². The van der Waals surface area contributed by atoms with Gasteiger partial charge in [-0.3, -0.25) is 4.79 Å². The first kappa shape index (κ1) is 12.0. The number of hydrogen-bond donors (Lipinski definition) is 2. The molecule has 1 saturated heterocycles. The highest BCUT2D eigenvalue weighted by Gasteiger charge is 2.67. The lowest BCUT2D eigenvalue weighted by Crippen LogP contribution is -3.04. The first-order valence-corrected chi connectivity index (χ1v) is 5.21. The van der Waals surface area contributed by atoms with Crippen molar-refractivity contribution < 1.29 is 23.3 Å². The Bertz CT molecular complexity index is 440. The molecule has 0 aliphatic carbocycles. The van der Waals surface area contributed by atoms with Gasteiger partial charge < -0.3 is 15.2 Å². The number of rotatable bonds is 1. The third-order valence-electron chi connectivity index (χ3n) is 3.03. The van der Waals surface area contributed by atoms with Crippen molar-refractivity contribution in [3.63, 3.8) is 0 Å². The van der Waals surface area contributed by atoms with Crippen LogP contribution in [0.15, 0.2) is 18.3 Å². The number of carbonyl (C=O) groups excluding carboxylic acids is 1. The number of quaternary nitrogens is 1. The molecule has 94 valence electrons. The molecule has 1 aliphatic rings. The van der Waals surface area contributed by atoms with E-state index in [2.05, 4.69) is 5.32 Å². The summed E-state index contributed by atoms with van der Waals surface area (Å²) < 4.78 is 41.2. The van der Waals surface area contributed by atoms with Crippen LogP contribution >= 0.6 is 0 Å². The minimum absolute atomic E-state index is 0.0535. The Kier molecular flexibility index (Phi) is 2.65. The molecule has 1 atom stereocenters. The molecule has 2 heterocycles. The topological polar surface area (TPSA) is 50.6 Å². The van der Waals surface area contributed by atoms with Crippen molar-refractivity contribution in [2.24, 2.45) is 7.05 Å². The first-order valence-electron chi connectivity index (χ1n) is 5.21. The van der Waals surface area contributed by atoms with Gasteiger partial charge in [0.25, 0.3) is 5.91 Å². The zero-order valence-electron chi connectivity index (χ0n) is 9.21. The van der Waals surface area contributed by atoms with Crippen LogP contribution in [0, 0.1) is 0 Å². The van der Waals surface area contributed by atoms with Crippen LogP contribution in [0.2, 0.25) is 0 Å². The van der Waals surface area contributed by atoms with Crippen LogP contribution < -0.4 is 10.6 Å². The average Bonchev–Trinajstić information content (AvgIpc) is 2.64. The summed E-state index contributed by atoms with van der Waals surface area (Å²) in [7, 11) is 1.50. The molecule has 0 saturated carbocycles. The largest absolute Gasteiger partial charge is 0.460 e. The maximum absolute atomic E-state index is 13.3. The molecule has 0 spiro atoms. The standard InChI is InChI=1S/C10H12F3N3O/c1-16-6-2-3-7(16)9(10(11,12)13)8(17)14-4-5-15-9/h2-3,6,15H,4-5H2,1H3,(H,14,17)/p+1/t9-/m0/s1. The predicted octanol–water partition coefficient (Wildman–Crippen LogP) is -0.524. The lowest BCUT2D eigenvalue weighted by molar-refractivity contribution is -0.751. The van der Waals surface area contributed by atoms with Crippen molar-refractivity contribution in [3.8, 4) is 0 Å². The molecule has 1 fully saturated rings. The molecule has 0 unspecified atom stereocenters. The van der Waals surface area contributed by atoms with Crippen molar-refractivity contribution in [2.75, 3.05) is 13.1 Å². The molecule has 0 radical (unpaired) electrons. The van der Waals surface area contributed by atoms with E-state index < -0.39 is 17.6 Å². The number of carbonyl (C=O) groups is 1. The summed E-state index contributed by atoms with van der Waals surface area (Å²) in [6.07, 6.45) is -3.14. The zero-order chi connectivity index (χ0) is 12.7. The van der Waals surface area contributed by atoms with Gasteiger partial charge in [-0.2, -0.15) is 13.2 Å². The fraction of sp³-hybridized carbons (Fsp3) is 0.500. The van der Waals surface area contributed by atoms with Crippen LogP contribution in [0.1, 0.15) is 5.69 Å². The third-order valence-corrected chi connectivity index (χ3v) is 3.03. The van der Waals surface area contributed by atoms with E-state index in [1.165, 1.54) is 29.9 Å². The summed E-state index contributed by atoms with van der Waals surface area (Å²) in [5.74, 6) is -1.00. The summed E-state index contributed by atoms with van der Waals surface area (Å²) in [6.45, 7) is 0.456. The number of nitrogens with two attached hydrogens (primary N) is 1. The third kappa shape index (κ3) is 1.61. The Morgan fingerprint density at radius 3 is 2.71 bits per heavy atom. The zero-order valence-corrected chi connectivity index (χ0v) is 9.21. The van der Waals surface area contributed by atoms with Gasteiger partial charge >= 0.3 is 11.7 Å². The molecule has 1 aliphatic heterocycles. The lowest BCUT2D eigenvalue weighted by atomic mass is 9.91. The molecule has 1 amide bonds. The van der Waals surface area contributed by atoms with Gasteiger partial charge in [-0.05, 0) is 12.1 Å². The molecule has 2 rings (SSSR count). The number of aryl methyl sites for hydroxylation is 1. The fourth-order valence-corrected chi connectivity index (χ4v) is 2.19. The van der Waals surface area contributed by atoms with Crippen molar-refractivity contribution >= 4 is 5.91 Å². The van der Waals surface area contributed by atoms with Crippen LogP contribution in [-0.4, -0.2) is 29.7 Å². The highest BCUT2D eigenvalue weighted by atomic mass is 19.4. The Morgan fingerprint density at radius 2 is 2.24 bits per heavy atom. The van der Waals surface area contributed by atoms with E-state index in [9.17, 15) is 18.0 Å². The van der Waals surface area contributed by atoms with Crippen LogP contribution in [0.3, 0.4) is 0 Å². The van der Waals surface area contributed by atoms with Gasteiger partial charge in [-0.1, -0.05) is 0 Å². The number of hydrogen-bond acceptors (Lipinski definition) is 1. The summed E-state index contributed by atoms with van der Waals surface area (Å²) in [4.78, 5) is 11.7. The van der Waals surface area contributed by atoms with Crippen molar-refractivity contribution in [1.82, 2.24) is 9.88 Å². The van der Waals surface area contributed by atoms with Gasteiger partial charge in [-0.25, -0.2) is 0 Å². The molecule has 1 aromatic rings. The molecule has 7 heteroatoms. The molecule has 3 N–H and O–H groups in total. The monoisotopic (exact) mass is 248 g/mol. The smallest absolute Gasteiger partial charge is 0.349 e. The Labute approximate surface area is 95.8 Å². The van der Waals surface area contributed by atoms with Crippen LogP contribution in [0.4, 0.5) is 13.2 Å². The molecule has 4 nitrogen and oxygen atoms in total. The van der Waals surface area contributed by atoms with Crippen LogP contribution in [0.5, 0.6) is 0 Å². The summed E-state index contributed by atoms with van der Waals surface area (Å²) >= 11 is 0. The highest BCUT2D eigenvalue weighted by Crippen LogP contribution is 2.36. The Balaban J connectivity index is 2.59. The van der Waals surface area contributed by atoms with E-state index in [0.29, 0.717) is 0 Å². The van der Waals surface area contributed by atoms with Gasteiger partial charge in [0.2, 0.25) is 0 Å². The number of halogens is 3. The second kappa shape index (κ2) is 3.76. The van der Waals surface area contributed by atoms with E-state index >= 15 is 0 Å². The molecular formula is C10H13F3N3O+. The SMILES string of the molecule is Cn1cccc1[C@]1(C(F)(F)F)[NH2+]CCNC1=O. The van der Waals surface area contributed by atoms with E-state index in [0.717, 1.165) is 5.32 Å². The number of nitrogens with one attached hydrogen (secondary N) is 1. The van der Waals surface area contributed by atoms with E-state index in [-0.39, 0.29) is 18.8 Å². The highest BCUT2D eigenvalue weighted by molar-refractivity contribution is 5.87. The number of piperazine rings is 1. The van der Waals surface area contributed by atoms with E-state index in [4.69, 9.17) is 0 Å². The van der Waals surface area contributed by atoms with Gasteiger partial charge in [0.15, 0.2) is 0 Å². The minimum Gasteiger partial charge on any atom is -0.349 e. The number of nitrogens with zero attached hydrogens (tertiary/aromatic N) is 1. The summed E-state index contributed by atoms with van der Waals surface area (Å²) in [5.41, 5.74) is -2.58. The second-order valence-electron chi connectivity index (χ2n) is 4.06. The first-order chi connectivity index (χ1) is 7.89. The fourth-order valence-electron chi connectivity index (χ4n) is 2.19. The van der Waals surface area contributed by atoms with E-state index in [1.807, 2.05) is 0 Å². The average molecular weight is 248 g/mol. The number of alkyl halides is 3. The number of amides is 1. The van der Waals surface area contributed by atoms with Gasteiger partial charge in [0.05, 0.1) is 18.8 Å². The molecule has 0 aromatic carbocycles. The van der Waals surface area contributed by atoms with Crippen molar-refractivity contribution in [1.29, 1.82) is 0 Å². The van der Waals surface area contributed by atoms with Crippen LogP contribution in [0.25, 0.3) is 0 Å². The van der Waals surface area contributed by atoms with Gasteiger partial charge in [0, 0.05) is 13.2 Å². The quantitative estimate of drug-likeness (QED) is 0.690. The molecular weight excluding hydrogens is 235 g/mol. The molecule has 1 aromatic heterocycles. The predicted molar refractivity (Wildman–Crippen MR) is 52.9 cm³/mol. The minimum atomic E-state index is -4.64. The lowest BCUT2D eigenvalue weighted by Gasteiger charge is -2.35. The Hall–Kier alpha value is -1.50. The Morgan fingerprint density at radius 1 is 1.53 bits per heavy atom. The molecule has 0 bridgehead atoms. The maximum Gasteiger partial charge on any atom is 0.460 e. The molecule has 17 heavy (non-hydrogen) atoms. The van der Waals surface area contributed by atoms with Gasteiger partial charge in [0.1, 0.15) is 0 Å². The summed E-state index contributed by atoms with van der Waals surface area (Å²) in [6, 6.07) is 2.83. The normalized spacial score (nSPS) is 25.8. The van der Waals surface area contributed by atoms with Gasteiger partial charge in [-0.15, -0.1) is 0 Å². The second-order valence-corrected chi connectivity index (χ2v) is 4.06. The van der Waals surface area contributed by atoms with Crippen molar-refractivity contribution in [3.05, 3.63) is 24.0 Å². The maximum atomic E-state index is 13.3. The van der Waals surface area contributed by atoms with Crippen molar-refractivity contribution in [2.45, 2.75) is 11.7 Å². The summed E-state index contributed by atoms with van der Waals surface area (Å²) in [5, 5.41) is 3.35.